The monoisotopic (exact) mass is 548 g/mol. The molecule has 208 valence electrons. The molecule has 0 aromatic heterocycles. The van der Waals surface area contributed by atoms with Crippen LogP contribution in [0.1, 0.15) is 40.2 Å². The summed E-state index contributed by atoms with van der Waals surface area (Å²) in [4.78, 5) is 0. The van der Waals surface area contributed by atoms with E-state index in [0.717, 1.165) is 11.3 Å². The molecule has 39 heavy (non-hydrogen) atoms. The lowest BCUT2D eigenvalue weighted by atomic mass is 10.1. The maximum absolute atomic E-state index is 7.19. The topological polar surface area (TPSA) is 55.4 Å². The van der Waals surface area contributed by atoms with E-state index >= 15 is 0 Å². The summed E-state index contributed by atoms with van der Waals surface area (Å²) in [6.07, 6.45) is -1.55. The van der Waals surface area contributed by atoms with Gasteiger partial charge in [0.25, 0.3) is 8.32 Å². The van der Waals surface area contributed by atoms with Crippen LogP contribution in [0, 0.1) is 0 Å². The van der Waals surface area contributed by atoms with Crippen LogP contribution in [0.5, 0.6) is 5.75 Å². The van der Waals surface area contributed by atoms with Gasteiger partial charge in [-0.2, -0.15) is 0 Å². The van der Waals surface area contributed by atoms with Crippen LogP contribution in [0.4, 0.5) is 0 Å². The van der Waals surface area contributed by atoms with Crippen molar-refractivity contribution in [3.63, 3.8) is 0 Å². The van der Waals surface area contributed by atoms with Crippen LogP contribution in [-0.4, -0.2) is 52.4 Å². The molecule has 5 rings (SSSR count). The highest BCUT2D eigenvalue weighted by Gasteiger charge is 2.57. The first-order valence-electron chi connectivity index (χ1n) is 13.6. The quantitative estimate of drug-likeness (QED) is 0.350. The summed E-state index contributed by atoms with van der Waals surface area (Å²) in [5, 5.41) is 2.32. The third kappa shape index (κ3) is 5.71. The van der Waals surface area contributed by atoms with E-state index in [-0.39, 0.29) is 23.4 Å². The average molecular weight is 549 g/mol. The number of methoxy groups -OCH3 is 1. The molecule has 0 radical (unpaired) electrons. The van der Waals surface area contributed by atoms with E-state index in [2.05, 4.69) is 81.4 Å². The summed E-state index contributed by atoms with van der Waals surface area (Å²) >= 11 is 0. The molecule has 0 bridgehead atoms. The Morgan fingerprint density at radius 3 is 1.95 bits per heavy atom. The van der Waals surface area contributed by atoms with Gasteiger partial charge >= 0.3 is 0 Å². The minimum Gasteiger partial charge on any atom is -0.497 e. The van der Waals surface area contributed by atoms with E-state index < -0.39 is 20.4 Å². The lowest BCUT2D eigenvalue weighted by molar-refractivity contribution is -0.222. The van der Waals surface area contributed by atoms with Crippen molar-refractivity contribution in [3.05, 3.63) is 90.5 Å². The number of fused-ring (bicyclic) bond motifs is 1. The molecule has 4 atom stereocenters. The summed E-state index contributed by atoms with van der Waals surface area (Å²) in [5.74, 6) is 0.0785. The van der Waals surface area contributed by atoms with Crippen LogP contribution >= 0.6 is 0 Å². The van der Waals surface area contributed by atoms with Gasteiger partial charge in [-0.15, -0.1) is 0 Å². The van der Waals surface area contributed by atoms with Crippen molar-refractivity contribution in [2.45, 2.75) is 76.7 Å². The van der Waals surface area contributed by atoms with Gasteiger partial charge in [0, 0.05) is 0 Å². The van der Waals surface area contributed by atoms with Gasteiger partial charge in [-0.3, -0.25) is 0 Å². The van der Waals surface area contributed by atoms with E-state index in [1.165, 1.54) is 10.4 Å². The Morgan fingerprint density at radius 1 is 0.821 bits per heavy atom. The van der Waals surface area contributed by atoms with Gasteiger partial charge in [0.1, 0.15) is 24.1 Å². The Labute approximate surface area is 233 Å². The van der Waals surface area contributed by atoms with E-state index in [0.29, 0.717) is 13.2 Å². The first-order chi connectivity index (χ1) is 18.6. The van der Waals surface area contributed by atoms with Crippen molar-refractivity contribution in [2.75, 3.05) is 13.7 Å². The van der Waals surface area contributed by atoms with Crippen LogP contribution < -0.4 is 15.1 Å². The highest BCUT2D eigenvalue weighted by molar-refractivity contribution is 6.99. The Kier molecular flexibility index (Phi) is 8.02. The van der Waals surface area contributed by atoms with Gasteiger partial charge in [0.2, 0.25) is 0 Å². The van der Waals surface area contributed by atoms with Crippen LogP contribution in [0.2, 0.25) is 5.04 Å². The molecule has 2 heterocycles. The minimum atomic E-state index is -2.74. The summed E-state index contributed by atoms with van der Waals surface area (Å²) in [7, 11) is -1.08. The predicted octanol–water partition coefficient (Wildman–Crippen LogP) is 5.03. The molecule has 2 saturated heterocycles. The molecule has 0 unspecified atom stereocenters. The highest BCUT2D eigenvalue weighted by atomic mass is 28.4. The Hall–Kier alpha value is -2.52. The molecule has 0 saturated carbocycles. The lowest BCUT2D eigenvalue weighted by Gasteiger charge is -2.43. The summed E-state index contributed by atoms with van der Waals surface area (Å²) in [6.45, 7) is 11.4. The smallest absolute Gasteiger partial charge is 0.261 e. The fraction of sp³-hybridized carbons (Fsp3) is 0.438. The zero-order valence-corrected chi connectivity index (χ0v) is 24.8. The molecule has 2 aliphatic heterocycles. The molecular weight excluding hydrogens is 508 g/mol. The van der Waals surface area contributed by atoms with Crippen LogP contribution in [0.25, 0.3) is 0 Å². The maximum atomic E-state index is 7.19. The second kappa shape index (κ2) is 11.2. The zero-order chi connectivity index (χ0) is 27.7. The van der Waals surface area contributed by atoms with Gasteiger partial charge < -0.3 is 28.1 Å². The van der Waals surface area contributed by atoms with E-state index in [1.807, 2.05) is 38.1 Å². The normalized spacial score (nSPS) is 24.5. The first-order valence-corrected chi connectivity index (χ1v) is 15.5. The second-order valence-corrected chi connectivity index (χ2v) is 16.0. The second-order valence-electron chi connectivity index (χ2n) is 11.7. The van der Waals surface area contributed by atoms with Crippen molar-refractivity contribution in [1.82, 2.24) is 0 Å². The molecule has 2 aliphatic rings. The van der Waals surface area contributed by atoms with Crippen molar-refractivity contribution >= 4 is 18.7 Å². The van der Waals surface area contributed by atoms with Gasteiger partial charge in [-0.1, -0.05) is 93.6 Å². The number of ether oxygens (including phenoxy) is 5. The van der Waals surface area contributed by atoms with Gasteiger partial charge in [-0.05, 0) is 47.0 Å². The Bertz CT molecular complexity index is 1170. The number of hydrogen-bond acceptors (Lipinski definition) is 6. The van der Waals surface area contributed by atoms with Crippen LogP contribution in [0.3, 0.4) is 0 Å². The molecule has 7 heteroatoms. The zero-order valence-electron chi connectivity index (χ0n) is 23.8. The van der Waals surface area contributed by atoms with Crippen LogP contribution in [-0.2, 0) is 30.0 Å². The molecule has 6 nitrogen and oxygen atoms in total. The van der Waals surface area contributed by atoms with Gasteiger partial charge in [0.15, 0.2) is 12.1 Å². The molecule has 0 spiro atoms. The standard InChI is InChI=1S/C32H40O6Si/c1-31(2,3)39(25-13-9-7-10-14-25,26-15-11-8-12-16-26)35-22-27-28(29-30(36-27)38-32(4,5)37-29)34-21-23-17-19-24(33-6)20-18-23/h7-20,27-30H,21-22H2,1-6H3/t27-,28+,29-,30-/m1/s1. The minimum absolute atomic E-state index is 0.140. The Balaban J connectivity index is 1.43. The van der Waals surface area contributed by atoms with Crippen LogP contribution in [0.15, 0.2) is 84.9 Å². The van der Waals surface area contributed by atoms with E-state index in [1.54, 1.807) is 7.11 Å². The van der Waals surface area contributed by atoms with E-state index in [9.17, 15) is 0 Å². The van der Waals surface area contributed by atoms with Gasteiger partial charge in [0.05, 0.1) is 20.3 Å². The Morgan fingerprint density at radius 2 is 1.41 bits per heavy atom. The maximum Gasteiger partial charge on any atom is 0.261 e. The third-order valence-corrected chi connectivity index (χ3v) is 12.6. The fourth-order valence-corrected chi connectivity index (χ4v) is 10.3. The van der Waals surface area contributed by atoms with Crippen molar-refractivity contribution in [1.29, 1.82) is 0 Å². The summed E-state index contributed by atoms with van der Waals surface area (Å²) in [5.41, 5.74) is 1.05. The largest absolute Gasteiger partial charge is 0.497 e. The third-order valence-electron chi connectivity index (χ3n) is 7.57. The number of rotatable bonds is 9. The first kappa shape index (κ1) is 28.0. The molecule has 3 aromatic carbocycles. The average Bonchev–Trinajstić information content (AvgIpc) is 3.39. The summed E-state index contributed by atoms with van der Waals surface area (Å²) < 4.78 is 37.8. The molecule has 2 fully saturated rings. The molecular formula is C32H40O6Si. The lowest BCUT2D eigenvalue weighted by Crippen LogP contribution is -2.67. The van der Waals surface area contributed by atoms with Crippen molar-refractivity contribution in [2.24, 2.45) is 0 Å². The predicted molar refractivity (Wildman–Crippen MR) is 154 cm³/mol. The SMILES string of the molecule is COc1ccc(CO[C@@H]2[C@H]3OC(C)(C)O[C@H]3O[C@@H]2CO[Si](c2ccccc2)(c2ccccc2)C(C)(C)C)cc1. The molecule has 3 aromatic rings. The van der Waals surface area contributed by atoms with Crippen molar-refractivity contribution < 1.29 is 28.1 Å². The summed E-state index contributed by atoms with van der Waals surface area (Å²) in [6, 6.07) is 29.2. The van der Waals surface area contributed by atoms with Crippen molar-refractivity contribution in [3.8, 4) is 5.75 Å². The molecule has 0 aliphatic carbocycles. The number of benzene rings is 3. The van der Waals surface area contributed by atoms with E-state index in [4.69, 9.17) is 28.1 Å². The molecule has 0 N–H and O–H groups in total. The molecule has 0 amide bonds. The highest BCUT2D eigenvalue weighted by Crippen LogP contribution is 2.41. The fourth-order valence-electron chi connectivity index (χ4n) is 5.77. The van der Waals surface area contributed by atoms with Gasteiger partial charge in [-0.25, -0.2) is 0 Å². The number of hydrogen-bond donors (Lipinski definition) is 0.